The van der Waals surface area contributed by atoms with Crippen molar-refractivity contribution in [3.05, 3.63) is 53.8 Å². The van der Waals surface area contributed by atoms with Gasteiger partial charge in [0.15, 0.2) is 11.5 Å². The van der Waals surface area contributed by atoms with Gasteiger partial charge in [-0.2, -0.15) is 0 Å². The Morgan fingerprint density at radius 2 is 1.62 bits per heavy atom. The number of halogens is 1. The number of fused-ring (bicyclic) bond motifs is 1. The lowest BCUT2D eigenvalue weighted by Crippen LogP contribution is -2.53. The molecule has 2 aromatic rings. The lowest BCUT2D eigenvalue weighted by molar-refractivity contribution is 0.171. The fraction of sp³-hybridized carbons (Fsp3) is 0.409. The number of nitrogens with one attached hydrogen (secondary N) is 1. The molecule has 2 heterocycles. The fourth-order valence-corrected chi connectivity index (χ4v) is 4.06. The average Bonchev–Trinajstić information content (AvgIpc) is 3.54. The van der Waals surface area contributed by atoms with Crippen molar-refractivity contribution in [1.82, 2.24) is 10.2 Å². The first kappa shape index (κ1) is 18.1. The zero-order valence-corrected chi connectivity index (χ0v) is 16.2. The summed E-state index contributed by atoms with van der Waals surface area (Å²) in [4.78, 5) is 16.9. The molecule has 1 N–H and O–H groups in total. The number of carbonyl (C=O) groups excluding carboxylic acids is 1. The molecule has 1 aliphatic carbocycles. The van der Waals surface area contributed by atoms with Crippen LogP contribution in [0, 0.1) is 5.82 Å². The maximum Gasteiger partial charge on any atom is 0.318 e. The normalized spacial score (nSPS) is 19.6. The Morgan fingerprint density at radius 1 is 0.931 bits per heavy atom. The van der Waals surface area contributed by atoms with E-state index in [0.29, 0.717) is 26.3 Å². The minimum atomic E-state index is -0.305. The standard InChI is InChI=1S/C22H24FN3O3/c23-17-2-4-18(5-3-17)25-9-11-26(12-10-25)21(27)24-22(7-8-22)16-1-6-19-20(15-16)29-14-13-28-19/h1-6,15H,7-14H2,(H,24,27). The molecular weight excluding hydrogens is 373 g/mol. The van der Waals surface area contributed by atoms with Gasteiger partial charge in [0, 0.05) is 31.9 Å². The summed E-state index contributed by atoms with van der Waals surface area (Å²) in [7, 11) is 0. The van der Waals surface area contributed by atoms with E-state index in [1.807, 2.05) is 23.1 Å². The highest BCUT2D eigenvalue weighted by molar-refractivity contribution is 5.76. The van der Waals surface area contributed by atoms with Crippen LogP contribution in [0.15, 0.2) is 42.5 Å². The van der Waals surface area contributed by atoms with Gasteiger partial charge >= 0.3 is 6.03 Å². The number of amides is 2. The lowest BCUT2D eigenvalue weighted by Gasteiger charge is -2.37. The van der Waals surface area contributed by atoms with Gasteiger partial charge in [-0.3, -0.25) is 0 Å². The molecule has 2 aromatic carbocycles. The summed E-state index contributed by atoms with van der Waals surface area (Å²) in [6, 6.07) is 12.4. The third-order valence-corrected chi connectivity index (χ3v) is 5.95. The summed E-state index contributed by atoms with van der Waals surface area (Å²) < 4.78 is 24.4. The SMILES string of the molecule is O=C(NC1(c2ccc3c(c2)OCCO3)CC1)N1CCN(c2ccc(F)cc2)CC1. The van der Waals surface area contributed by atoms with Crippen LogP contribution in [-0.2, 0) is 5.54 Å². The topological polar surface area (TPSA) is 54.0 Å². The second-order valence-corrected chi connectivity index (χ2v) is 7.82. The van der Waals surface area contributed by atoms with E-state index < -0.39 is 0 Å². The van der Waals surface area contributed by atoms with E-state index in [-0.39, 0.29) is 17.4 Å². The van der Waals surface area contributed by atoms with E-state index in [4.69, 9.17) is 9.47 Å². The maximum absolute atomic E-state index is 13.1. The monoisotopic (exact) mass is 397 g/mol. The highest BCUT2D eigenvalue weighted by Gasteiger charge is 2.47. The van der Waals surface area contributed by atoms with E-state index in [2.05, 4.69) is 10.2 Å². The second kappa shape index (κ2) is 7.13. The third kappa shape index (κ3) is 3.57. The molecule has 0 unspecified atom stereocenters. The van der Waals surface area contributed by atoms with Gasteiger partial charge in [0.05, 0.1) is 5.54 Å². The highest BCUT2D eigenvalue weighted by Crippen LogP contribution is 2.48. The molecule has 152 valence electrons. The number of hydrogen-bond acceptors (Lipinski definition) is 4. The van der Waals surface area contributed by atoms with Crippen molar-refractivity contribution in [2.24, 2.45) is 0 Å². The summed E-state index contributed by atoms with van der Waals surface area (Å²) in [6.45, 7) is 3.86. The van der Waals surface area contributed by atoms with Crippen LogP contribution in [0.3, 0.4) is 0 Å². The number of benzene rings is 2. The molecule has 0 spiro atoms. The molecule has 7 heteroatoms. The van der Waals surface area contributed by atoms with Crippen LogP contribution in [-0.4, -0.2) is 50.3 Å². The summed E-state index contributed by atoms with van der Waals surface area (Å²) in [5, 5.41) is 3.24. The maximum atomic E-state index is 13.1. The average molecular weight is 397 g/mol. The first-order chi connectivity index (χ1) is 14.1. The number of anilines is 1. The molecule has 2 amide bonds. The lowest BCUT2D eigenvalue weighted by atomic mass is 10.0. The van der Waals surface area contributed by atoms with E-state index in [0.717, 1.165) is 48.7 Å². The smallest absolute Gasteiger partial charge is 0.318 e. The number of nitrogens with zero attached hydrogens (tertiary/aromatic N) is 2. The van der Waals surface area contributed by atoms with E-state index in [9.17, 15) is 9.18 Å². The molecule has 2 aliphatic heterocycles. The first-order valence-electron chi connectivity index (χ1n) is 10.1. The molecule has 1 saturated carbocycles. The highest BCUT2D eigenvalue weighted by atomic mass is 19.1. The Labute approximate surface area is 169 Å². The Balaban J connectivity index is 1.21. The largest absolute Gasteiger partial charge is 0.486 e. The molecular formula is C22H24FN3O3. The molecule has 0 radical (unpaired) electrons. The van der Waals surface area contributed by atoms with Crippen molar-refractivity contribution in [1.29, 1.82) is 0 Å². The van der Waals surface area contributed by atoms with Gasteiger partial charge in [-0.1, -0.05) is 6.07 Å². The van der Waals surface area contributed by atoms with E-state index >= 15 is 0 Å². The predicted octanol–water partition coefficient (Wildman–Crippen LogP) is 3.12. The molecule has 5 rings (SSSR count). The number of rotatable bonds is 3. The van der Waals surface area contributed by atoms with Gasteiger partial charge in [-0.05, 0) is 54.8 Å². The van der Waals surface area contributed by atoms with Crippen molar-refractivity contribution >= 4 is 11.7 Å². The molecule has 0 atom stereocenters. The number of ether oxygens (including phenoxy) is 2. The number of urea groups is 1. The summed E-state index contributed by atoms with van der Waals surface area (Å²) in [6.07, 6.45) is 1.85. The van der Waals surface area contributed by atoms with Crippen molar-refractivity contribution in [2.45, 2.75) is 18.4 Å². The fourth-order valence-electron chi connectivity index (χ4n) is 4.06. The van der Waals surface area contributed by atoms with Crippen LogP contribution in [0.25, 0.3) is 0 Å². The van der Waals surface area contributed by atoms with E-state index in [1.165, 1.54) is 12.1 Å². The van der Waals surface area contributed by atoms with Gasteiger partial charge in [0.25, 0.3) is 0 Å². The number of piperazine rings is 1. The minimum absolute atomic E-state index is 0.0313. The van der Waals surface area contributed by atoms with Crippen molar-refractivity contribution in [2.75, 3.05) is 44.3 Å². The molecule has 6 nitrogen and oxygen atoms in total. The Kier molecular flexibility index (Phi) is 4.45. The van der Waals surface area contributed by atoms with Gasteiger partial charge in [-0.15, -0.1) is 0 Å². The second-order valence-electron chi connectivity index (χ2n) is 7.82. The van der Waals surface area contributed by atoms with Crippen LogP contribution in [0.4, 0.5) is 14.9 Å². The quantitative estimate of drug-likeness (QED) is 0.865. The predicted molar refractivity (Wildman–Crippen MR) is 107 cm³/mol. The van der Waals surface area contributed by atoms with E-state index in [1.54, 1.807) is 12.1 Å². The third-order valence-electron chi connectivity index (χ3n) is 5.95. The summed E-state index contributed by atoms with van der Waals surface area (Å²) >= 11 is 0. The number of carbonyl (C=O) groups is 1. The zero-order chi connectivity index (χ0) is 19.8. The van der Waals surface area contributed by atoms with Crippen LogP contribution < -0.4 is 19.7 Å². The molecule has 0 aromatic heterocycles. The molecule has 29 heavy (non-hydrogen) atoms. The van der Waals surface area contributed by atoms with Crippen LogP contribution >= 0.6 is 0 Å². The van der Waals surface area contributed by atoms with Crippen LogP contribution in [0.5, 0.6) is 11.5 Å². The van der Waals surface area contributed by atoms with Crippen LogP contribution in [0.2, 0.25) is 0 Å². The van der Waals surface area contributed by atoms with Gasteiger partial charge in [-0.25, -0.2) is 9.18 Å². The molecule has 3 aliphatic rings. The summed E-state index contributed by atoms with van der Waals surface area (Å²) in [5.74, 6) is 1.28. The van der Waals surface area contributed by atoms with Crippen molar-refractivity contribution < 1.29 is 18.7 Å². The van der Waals surface area contributed by atoms with Gasteiger partial charge in [0.1, 0.15) is 19.0 Å². The summed E-state index contributed by atoms with van der Waals surface area (Å²) in [5.41, 5.74) is 1.75. The molecule has 0 bridgehead atoms. The number of hydrogen-bond donors (Lipinski definition) is 1. The van der Waals surface area contributed by atoms with Crippen molar-refractivity contribution in [3.63, 3.8) is 0 Å². The van der Waals surface area contributed by atoms with Gasteiger partial charge in [0.2, 0.25) is 0 Å². The van der Waals surface area contributed by atoms with Gasteiger partial charge < -0.3 is 24.6 Å². The minimum Gasteiger partial charge on any atom is -0.486 e. The Hall–Kier alpha value is -2.96. The van der Waals surface area contributed by atoms with Crippen LogP contribution in [0.1, 0.15) is 18.4 Å². The molecule has 2 fully saturated rings. The first-order valence-corrected chi connectivity index (χ1v) is 10.1. The Morgan fingerprint density at radius 3 is 2.31 bits per heavy atom. The van der Waals surface area contributed by atoms with Crippen molar-refractivity contribution in [3.8, 4) is 11.5 Å². The zero-order valence-electron chi connectivity index (χ0n) is 16.2. The molecule has 1 saturated heterocycles. The Bertz CT molecular complexity index is 906.